The molecule has 6 aromatic carbocycles. The fraction of sp³-hybridized carbons (Fsp3) is 0.0833. The van der Waals surface area contributed by atoms with E-state index in [1.165, 1.54) is 16.8 Å². The van der Waals surface area contributed by atoms with Crippen LogP contribution in [0.5, 0.6) is 0 Å². The second-order valence-electron chi connectivity index (χ2n) is 14.6. The first kappa shape index (κ1) is 33.4. The van der Waals surface area contributed by atoms with E-state index >= 15 is 4.39 Å². The molecule has 4 aromatic heterocycles. The summed E-state index contributed by atoms with van der Waals surface area (Å²) in [5.74, 6) is 0. The Kier molecular flexibility index (Phi) is 7.58. The van der Waals surface area contributed by atoms with Gasteiger partial charge >= 0.3 is 20.4 Å². The topological polar surface area (TPSA) is 38.4 Å². The molecule has 1 aliphatic heterocycles. The molecule has 7 heteroatoms. The first-order valence-electron chi connectivity index (χ1n) is 18.2. The third-order valence-corrected chi connectivity index (χ3v) is 11.3. The molecule has 55 heavy (non-hydrogen) atoms. The van der Waals surface area contributed by atoms with Gasteiger partial charge in [0, 0.05) is 46.0 Å². The zero-order valence-corrected chi connectivity index (χ0v) is 31.5. The Hall–Kier alpha value is -6.13. The maximum atomic E-state index is 16.8. The molecule has 5 nitrogen and oxygen atoms in total. The van der Waals surface area contributed by atoms with Gasteiger partial charge in [0.05, 0.1) is 22.5 Å². The quantitative estimate of drug-likeness (QED) is 0.101. The van der Waals surface area contributed by atoms with Gasteiger partial charge in [0.25, 0.3) is 0 Å². The van der Waals surface area contributed by atoms with Crippen LogP contribution in [0.2, 0.25) is 0 Å². The number of nitrogens with zero attached hydrogens (tertiary/aromatic N) is 5. The molecule has 0 N–H and O–H groups in total. The molecule has 1 unspecified atom stereocenters. The van der Waals surface area contributed by atoms with E-state index in [0.29, 0.717) is 11.1 Å². The maximum Gasteiger partial charge on any atom is 2.00 e. The fourth-order valence-corrected chi connectivity index (χ4v) is 8.71. The Morgan fingerprint density at radius 2 is 1.36 bits per heavy atom. The summed E-state index contributed by atoms with van der Waals surface area (Å²) in [4.78, 5) is 11.9. The molecule has 0 saturated carbocycles. The zero-order chi connectivity index (χ0) is 36.1. The number of hydrogen-bond donors (Lipinski definition) is 0. The smallest absolute Gasteiger partial charge is 0.340 e. The second kappa shape index (κ2) is 12.5. The number of pyridine rings is 2. The van der Waals surface area contributed by atoms with Crippen LogP contribution in [0, 0.1) is 12.1 Å². The van der Waals surface area contributed by atoms with Gasteiger partial charge in [0.15, 0.2) is 0 Å². The van der Waals surface area contributed by atoms with Crippen molar-refractivity contribution in [1.82, 2.24) is 18.9 Å². The number of halogens is 1. The maximum absolute atomic E-state index is 16.8. The summed E-state index contributed by atoms with van der Waals surface area (Å²) < 4.78 is 21.0. The fourth-order valence-electron chi connectivity index (χ4n) is 8.71. The Morgan fingerprint density at radius 3 is 2.25 bits per heavy atom. The van der Waals surface area contributed by atoms with Crippen molar-refractivity contribution >= 4 is 66.3 Å². The van der Waals surface area contributed by atoms with Crippen molar-refractivity contribution in [2.45, 2.75) is 25.4 Å². The van der Waals surface area contributed by atoms with Gasteiger partial charge in [-0.15, -0.1) is 29.8 Å². The monoisotopic (exact) mass is 803 g/mol. The molecular formula is C48H32FN5Pd. The van der Waals surface area contributed by atoms with Gasteiger partial charge in [-0.3, -0.25) is 4.98 Å². The molecule has 0 saturated heterocycles. The van der Waals surface area contributed by atoms with Gasteiger partial charge in [-0.2, -0.15) is 18.2 Å². The van der Waals surface area contributed by atoms with Gasteiger partial charge in [0.2, 0.25) is 0 Å². The molecule has 0 bridgehead atoms. The van der Waals surface area contributed by atoms with E-state index in [2.05, 4.69) is 125 Å². The van der Waals surface area contributed by atoms with E-state index in [9.17, 15) is 0 Å². The summed E-state index contributed by atoms with van der Waals surface area (Å²) in [5, 5.41) is 4.95. The van der Waals surface area contributed by atoms with E-state index in [0.717, 1.165) is 66.3 Å². The second-order valence-corrected chi connectivity index (χ2v) is 14.6. The van der Waals surface area contributed by atoms with Crippen LogP contribution in [0.4, 0.5) is 21.5 Å². The van der Waals surface area contributed by atoms with Gasteiger partial charge < -0.3 is 13.9 Å². The SMILES string of the molecule is CC1(C)c2ccccc2N(c2ccccc2)c2cc3c4cccnc4n(-c4[c-]c(C(F)c5[c-]c6c(cc5)c5ccccc5n5ccnc65)ccc4)c3cc21.[Pd+2]. The minimum absolute atomic E-state index is 0. The van der Waals surface area contributed by atoms with E-state index in [1.54, 1.807) is 12.3 Å². The van der Waals surface area contributed by atoms with Crippen molar-refractivity contribution in [2.75, 3.05) is 4.90 Å². The molecule has 0 aliphatic carbocycles. The number of aromatic nitrogens is 4. The predicted octanol–water partition coefficient (Wildman–Crippen LogP) is 11.9. The van der Waals surface area contributed by atoms with Crippen molar-refractivity contribution < 1.29 is 24.8 Å². The Balaban J connectivity index is 0.00000372. The van der Waals surface area contributed by atoms with Gasteiger partial charge in [0.1, 0.15) is 11.8 Å². The number of rotatable bonds is 4. The average molecular weight is 804 g/mol. The molecule has 0 fully saturated rings. The predicted molar refractivity (Wildman–Crippen MR) is 216 cm³/mol. The molecule has 5 heterocycles. The van der Waals surface area contributed by atoms with Crippen molar-refractivity contribution in [2.24, 2.45) is 0 Å². The number of hydrogen-bond acceptors (Lipinski definition) is 3. The van der Waals surface area contributed by atoms with Crippen LogP contribution in [0.1, 0.15) is 42.3 Å². The third kappa shape index (κ3) is 4.87. The summed E-state index contributed by atoms with van der Waals surface area (Å²) in [6.07, 6.45) is 4.08. The van der Waals surface area contributed by atoms with Crippen LogP contribution in [-0.2, 0) is 25.8 Å². The number of fused-ring (bicyclic) bond motifs is 11. The van der Waals surface area contributed by atoms with Gasteiger partial charge in [-0.25, -0.2) is 9.37 Å². The first-order valence-corrected chi connectivity index (χ1v) is 18.2. The Morgan fingerprint density at radius 1 is 0.600 bits per heavy atom. The van der Waals surface area contributed by atoms with Crippen LogP contribution in [0.25, 0.3) is 54.9 Å². The van der Waals surface area contributed by atoms with Crippen molar-refractivity contribution in [1.29, 1.82) is 0 Å². The van der Waals surface area contributed by atoms with Crippen LogP contribution < -0.4 is 4.90 Å². The van der Waals surface area contributed by atoms with E-state index in [4.69, 9.17) is 4.98 Å². The summed E-state index contributed by atoms with van der Waals surface area (Å²) in [7, 11) is 0. The molecule has 0 radical (unpaired) electrons. The molecule has 10 aromatic rings. The number of anilines is 3. The van der Waals surface area contributed by atoms with E-state index in [-0.39, 0.29) is 25.8 Å². The Labute approximate surface area is 331 Å². The molecule has 1 atom stereocenters. The standard InChI is InChI=1S/C48H32FN5.Pd/c1-48(2)39-18-7-9-20-42(39)53(32-13-4-3-5-14-32)44-28-37-36-17-11-23-50-47(36)54(43(37)29-40(44)48)33-15-10-12-30(26-33)45(49)31-21-22-34-35-16-6-8-19-41(35)52-25-24-51-46(52)38(34)27-31;/h3-25,28-29,45H,1-2H3;/q-2;+2. The van der Waals surface area contributed by atoms with Gasteiger partial charge in [-0.05, 0) is 65.0 Å². The summed E-state index contributed by atoms with van der Waals surface area (Å²) in [6.45, 7) is 4.59. The minimum atomic E-state index is -1.46. The molecule has 266 valence electrons. The van der Waals surface area contributed by atoms with Crippen LogP contribution in [0.15, 0.2) is 152 Å². The van der Waals surface area contributed by atoms with E-state index < -0.39 is 6.17 Å². The molecule has 0 spiro atoms. The van der Waals surface area contributed by atoms with Crippen molar-refractivity contribution in [3.8, 4) is 5.69 Å². The van der Waals surface area contributed by atoms with Gasteiger partial charge in [-0.1, -0.05) is 90.5 Å². The number of imidazole rings is 1. The number of benzene rings is 6. The Bertz CT molecular complexity index is 3130. The molecule has 11 rings (SSSR count). The van der Waals surface area contributed by atoms with Crippen LogP contribution in [0.3, 0.4) is 0 Å². The van der Waals surface area contributed by atoms with Crippen LogP contribution >= 0.6 is 0 Å². The van der Waals surface area contributed by atoms with Crippen LogP contribution in [-0.4, -0.2) is 18.9 Å². The minimum Gasteiger partial charge on any atom is -0.340 e. The van der Waals surface area contributed by atoms with E-state index in [1.807, 2.05) is 59.3 Å². The molecular weight excluding hydrogens is 772 g/mol. The zero-order valence-electron chi connectivity index (χ0n) is 29.9. The average Bonchev–Trinajstić information content (AvgIpc) is 3.84. The first-order chi connectivity index (χ1) is 26.5. The normalized spacial score (nSPS) is 14.0. The number of alkyl halides is 1. The molecule has 1 aliphatic rings. The van der Waals surface area contributed by atoms with Crippen molar-refractivity contribution in [3.63, 3.8) is 0 Å². The third-order valence-electron chi connectivity index (χ3n) is 11.3. The largest absolute Gasteiger partial charge is 2.00 e. The summed E-state index contributed by atoms with van der Waals surface area (Å²) >= 11 is 0. The number of para-hydroxylation sites is 3. The summed E-state index contributed by atoms with van der Waals surface area (Å²) in [6, 6.07) is 52.6. The summed E-state index contributed by atoms with van der Waals surface area (Å²) in [5.41, 5.74) is 10.8. The van der Waals surface area contributed by atoms with Crippen molar-refractivity contribution in [3.05, 3.63) is 186 Å². The molecule has 0 amide bonds.